The Balaban J connectivity index is 2.20. The van der Waals surface area contributed by atoms with Gasteiger partial charge in [-0.1, -0.05) is 25.0 Å². The molecular weight excluding hydrogens is 299 g/mol. The number of Topliss-reactive ketones (excluding diaryl/α,β-unsaturated/α-hetero) is 1. The Labute approximate surface area is 126 Å². The maximum Gasteiger partial charge on any atom is 0.416 e. The van der Waals surface area contributed by atoms with Gasteiger partial charge in [0, 0.05) is 6.42 Å². The number of alkyl halides is 3. The van der Waals surface area contributed by atoms with E-state index in [1.807, 2.05) is 0 Å². The Hall–Kier alpha value is -1.89. The zero-order chi connectivity index (χ0) is 16.6. The molecule has 0 heterocycles. The Morgan fingerprint density at radius 3 is 2.14 bits per heavy atom. The second kappa shape index (κ2) is 8.53. The highest BCUT2D eigenvalue weighted by Gasteiger charge is 2.29. The summed E-state index contributed by atoms with van der Waals surface area (Å²) >= 11 is 0. The van der Waals surface area contributed by atoms with Gasteiger partial charge in [0.25, 0.3) is 0 Å². The third-order valence-corrected chi connectivity index (χ3v) is 3.26. The molecule has 0 atom stereocenters. The van der Waals surface area contributed by atoms with Crippen LogP contribution in [0.15, 0.2) is 24.3 Å². The molecule has 0 spiro atoms. The lowest BCUT2D eigenvalue weighted by Gasteiger charge is -2.07. The molecule has 0 unspecified atom stereocenters. The number of unbranched alkanes of at least 4 members (excludes halogenated alkanes) is 3. The number of hydrogen-bond acceptors (Lipinski definition) is 3. The van der Waals surface area contributed by atoms with E-state index in [0.29, 0.717) is 12.8 Å². The quantitative estimate of drug-likeness (QED) is 0.335. The van der Waals surface area contributed by atoms with Crippen molar-refractivity contribution in [2.24, 2.45) is 0 Å². The zero-order valence-electron chi connectivity index (χ0n) is 11.9. The zero-order valence-corrected chi connectivity index (χ0v) is 11.9. The van der Waals surface area contributed by atoms with Gasteiger partial charge in [0.15, 0.2) is 0 Å². The van der Waals surface area contributed by atoms with Crippen molar-refractivity contribution in [1.82, 2.24) is 5.48 Å². The molecule has 0 radical (unpaired) electrons. The highest BCUT2D eigenvalue weighted by Crippen LogP contribution is 2.29. The molecule has 0 saturated carbocycles. The summed E-state index contributed by atoms with van der Waals surface area (Å²) in [5, 5.41) is 8.25. The normalized spacial score (nSPS) is 11.3. The van der Waals surface area contributed by atoms with Crippen LogP contribution in [0.4, 0.5) is 13.2 Å². The molecule has 122 valence electrons. The molecule has 4 nitrogen and oxygen atoms in total. The minimum atomic E-state index is -4.31. The standard InChI is InChI=1S/C15H18F3NO3/c16-15(17,18)12-9-7-11(8-10-12)5-3-1-2-4-6-13(20)14(21)19-22/h7-10,22H,1-6H2,(H,19,21). The number of halogens is 3. The summed E-state index contributed by atoms with van der Waals surface area (Å²) in [6.45, 7) is 0. The van der Waals surface area contributed by atoms with E-state index in [-0.39, 0.29) is 6.42 Å². The van der Waals surface area contributed by atoms with E-state index < -0.39 is 23.4 Å². The number of hydrogen-bond donors (Lipinski definition) is 2. The van der Waals surface area contributed by atoms with Gasteiger partial charge in [0.1, 0.15) is 0 Å². The average Bonchev–Trinajstić information content (AvgIpc) is 2.49. The molecule has 0 aliphatic rings. The van der Waals surface area contributed by atoms with Gasteiger partial charge in [-0.25, -0.2) is 5.48 Å². The van der Waals surface area contributed by atoms with Crippen LogP contribution in [-0.2, 0) is 22.2 Å². The van der Waals surface area contributed by atoms with Gasteiger partial charge in [-0.2, -0.15) is 13.2 Å². The van der Waals surface area contributed by atoms with E-state index in [1.54, 1.807) is 0 Å². The molecule has 0 aromatic heterocycles. The second-order valence-corrected chi connectivity index (χ2v) is 4.97. The lowest BCUT2D eigenvalue weighted by Crippen LogP contribution is -2.27. The van der Waals surface area contributed by atoms with Crippen LogP contribution in [0.25, 0.3) is 0 Å². The van der Waals surface area contributed by atoms with Gasteiger partial charge < -0.3 is 0 Å². The fourth-order valence-electron chi connectivity index (χ4n) is 2.00. The van der Waals surface area contributed by atoms with Crippen molar-refractivity contribution >= 4 is 11.7 Å². The highest BCUT2D eigenvalue weighted by atomic mass is 19.4. The van der Waals surface area contributed by atoms with Crippen LogP contribution in [0, 0.1) is 0 Å². The predicted octanol–water partition coefficient (Wildman–Crippen LogP) is 3.27. The topological polar surface area (TPSA) is 66.4 Å². The highest BCUT2D eigenvalue weighted by molar-refractivity contribution is 6.35. The van der Waals surface area contributed by atoms with E-state index >= 15 is 0 Å². The number of ketones is 1. The van der Waals surface area contributed by atoms with Crippen molar-refractivity contribution in [3.05, 3.63) is 35.4 Å². The second-order valence-electron chi connectivity index (χ2n) is 4.97. The summed E-state index contributed by atoms with van der Waals surface area (Å²) in [5.41, 5.74) is 1.47. The SMILES string of the molecule is O=C(CCCCCCc1ccc(C(F)(F)F)cc1)C(=O)NO. The molecule has 2 N–H and O–H groups in total. The first-order chi connectivity index (χ1) is 10.3. The summed E-state index contributed by atoms with van der Waals surface area (Å²) < 4.78 is 37.2. The van der Waals surface area contributed by atoms with Crippen LogP contribution < -0.4 is 5.48 Å². The smallest absolute Gasteiger partial charge is 0.289 e. The monoisotopic (exact) mass is 317 g/mol. The summed E-state index contributed by atoms with van der Waals surface area (Å²) in [7, 11) is 0. The first-order valence-electron chi connectivity index (χ1n) is 6.98. The summed E-state index contributed by atoms with van der Waals surface area (Å²) in [6, 6.07) is 5.08. The molecule has 0 fully saturated rings. The number of amides is 1. The van der Waals surface area contributed by atoms with Gasteiger partial charge in [-0.3, -0.25) is 14.8 Å². The predicted molar refractivity (Wildman–Crippen MR) is 73.2 cm³/mol. The van der Waals surface area contributed by atoms with E-state index in [4.69, 9.17) is 5.21 Å². The van der Waals surface area contributed by atoms with Crippen molar-refractivity contribution in [1.29, 1.82) is 0 Å². The maximum atomic E-state index is 12.4. The molecule has 1 amide bonds. The molecule has 0 aliphatic carbocycles. The third kappa shape index (κ3) is 6.26. The largest absolute Gasteiger partial charge is 0.416 e. The molecule has 22 heavy (non-hydrogen) atoms. The molecule has 1 aromatic rings. The number of carbonyl (C=O) groups is 2. The van der Waals surface area contributed by atoms with Gasteiger partial charge in [0.2, 0.25) is 5.78 Å². The fraction of sp³-hybridized carbons (Fsp3) is 0.467. The first kappa shape index (κ1) is 18.2. The van der Waals surface area contributed by atoms with Crippen LogP contribution in [0.5, 0.6) is 0 Å². The Bertz CT molecular complexity index is 498. The average molecular weight is 317 g/mol. The van der Waals surface area contributed by atoms with Gasteiger partial charge in [-0.15, -0.1) is 0 Å². The maximum absolute atomic E-state index is 12.4. The molecule has 1 aromatic carbocycles. The Morgan fingerprint density at radius 2 is 1.59 bits per heavy atom. The number of carbonyl (C=O) groups excluding carboxylic acids is 2. The van der Waals surface area contributed by atoms with Crippen molar-refractivity contribution in [3.8, 4) is 0 Å². The van der Waals surface area contributed by atoms with Gasteiger partial charge >= 0.3 is 12.1 Å². The number of hydroxylamine groups is 1. The lowest BCUT2D eigenvalue weighted by atomic mass is 10.0. The third-order valence-electron chi connectivity index (χ3n) is 3.26. The first-order valence-corrected chi connectivity index (χ1v) is 6.98. The van der Waals surface area contributed by atoms with Crippen molar-refractivity contribution in [3.63, 3.8) is 0 Å². The summed E-state index contributed by atoms with van der Waals surface area (Å²) in [4.78, 5) is 21.8. The van der Waals surface area contributed by atoms with Crippen molar-refractivity contribution < 1.29 is 28.0 Å². The molecule has 0 saturated heterocycles. The molecule has 1 rings (SSSR count). The molecular formula is C15H18F3NO3. The number of benzene rings is 1. The Kier molecular flexibility index (Phi) is 7.04. The molecule has 7 heteroatoms. The minimum Gasteiger partial charge on any atom is -0.289 e. The van der Waals surface area contributed by atoms with Crippen LogP contribution in [0.3, 0.4) is 0 Å². The van der Waals surface area contributed by atoms with Crippen LogP contribution in [-0.4, -0.2) is 16.9 Å². The van der Waals surface area contributed by atoms with E-state index in [1.165, 1.54) is 17.6 Å². The van der Waals surface area contributed by atoms with Crippen LogP contribution in [0.1, 0.15) is 43.2 Å². The van der Waals surface area contributed by atoms with Gasteiger partial charge in [0.05, 0.1) is 5.56 Å². The molecule has 0 aliphatic heterocycles. The van der Waals surface area contributed by atoms with Crippen molar-refractivity contribution in [2.45, 2.75) is 44.7 Å². The minimum absolute atomic E-state index is 0.0761. The number of rotatable bonds is 8. The number of nitrogens with one attached hydrogen (secondary N) is 1. The van der Waals surface area contributed by atoms with E-state index in [9.17, 15) is 22.8 Å². The fourth-order valence-corrected chi connectivity index (χ4v) is 2.00. The van der Waals surface area contributed by atoms with E-state index in [0.717, 1.165) is 37.0 Å². The van der Waals surface area contributed by atoms with Crippen LogP contribution >= 0.6 is 0 Å². The summed E-state index contributed by atoms with van der Waals surface area (Å²) in [5.74, 6) is -1.67. The van der Waals surface area contributed by atoms with Crippen LogP contribution in [0.2, 0.25) is 0 Å². The van der Waals surface area contributed by atoms with Crippen molar-refractivity contribution in [2.75, 3.05) is 0 Å². The van der Waals surface area contributed by atoms with Gasteiger partial charge in [-0.05, 0) is 37.0 Å². The summed E-state index contributed by atoms with van der Waals surface area (Å²) in [6.07, 6.45) is -0.674. The molecule has 0 bridgehead atoms. The van der Waals surface area contributed by atoms with E-state index in [2.05, 4.69) is 0 Å². The lowest BCUT2D eigenvalue weighted by molar-refractivity contribution is -0.143. The Morgan fingerprint density at radius 1 is 1.00 bits per heavy atom. The number of aryl methyl sites for hydroxylation is 1.